The second kappa shape index (κ2) is 11.3. The highest BCUT2D eigenvalue weighted by Crippen LogP contribution is 2.28. The van der Waals surface area contributed by atoms with Crippen molar-refractivity contribution >= 4 is 40.6 Å². The summed E-state index contributed by atoms with van der Waals surface area (Å²) in [7, 11) is 0. The van der Waals surface area contributed by atoms with Gasteiger partial charge in [-0.05, 0) is 73.9 Å². The average molecular weight is 557 g/mol. The topological polar surface area (TPSA) is 138 Å². The van der Waals surface area contributed by atoms with Crippen LogP contribution in [-0.4, -0.2) is 49.9 Å². The molecule has 0 atom stereocenters. The number of pyridine rings is 1. The van der Waals surface area contributed by atoms with E-state index < -0.39 is 5.82 Å². The van der Waals surface area contributed by atoms with Gasteiger partial charge in [-0.2, -0.15) is 4.98 Å². The second-order valence-corrected chi connectivity index (χ2v) is 10.4. The summed E-state index contributed by atoms with van der Waals surface area (Å²) >= 11 is 0. The van der Waals surface area contributed by atoms with Crippen molar-refractivity contribution < 1.29 is 18.5 Å². The highest BCUT2D eigenvalue weighted by Gasteiger charge is 2.27. The van der Waals surface area contributed by atoms with Gasteiger partial charge >= 0.3 is 0 Å². The standard InChI is InChI=1S/C29H29FN8O3/c1-17-10-25(37-41-17)28(40)38-8-6-18(7-9-38)12-26(39)35-24-5-4-21-13-20(24)3-2-19-11-22(15-31-14-19)34-29-32-16-23(30)27(33-21)36-29/h4-5,10-11,13-16,18H,2-3,6-9,12H2,1H3,(H,35,39)(H2,32,33,34,36). The molecule has 2 aliphatic heterocycles. The molecule has 2 amide bonds. The Morgan fingerprint density at radius 1 is 1.07 bits per heavy atom. The van der Waals surface area contributed by atoms with Crippen LogP contribution in [0.2, 0.25) is 0 Å². The molecule has 0 spiro atoms. The molecular weight excluding hydrogens is 527 g/mol. The van der Waals surface area contributed by atoms with E-state index in [2.05, 4.69) is 36.1 Å². The number of amides is 2. The van der Waals surface area contributed by atoms with Gasteiger partial charge in [-0.1, -0.05) is 5.16 Å². The molecule has 0 saturated carbocycles. The third kappa shape index (κ3) is 6.16. The van der Waals surface area contributed by atoms with Crippen LogP contribution in [0.3, 0.4) is 0 Å². The number of hydrogen-bond donors (Lipinski definition) is 3. The summed E-state index contributed by atoms with van der Waals surface area (Å²) in [4.78, 5) is 40.1. The van der Waals surface area contributed by atoms with E-state index in [1.807, 2.05) is 18.2 Å². The van der Waals surface area contributed by atoms with Crippen LogP contribution in [0.5, 0.6) is 0 Å². The Hall–Kier alpha value is -4.87. The van der Waals surface area contributed by atoms with Gasteiger partial charge in [0.25, 0.3) is 5.91 Å². The van der Waals surface area contributed by atoms with Crippen molar-refractivity contribution in [3.8, 4) is 0 Å². The first-order chi connectivity index (χ1) is 19.9. The van der Waals surface area contributed by atoms with Crippen LogP contribution in [0.1, 0.15) is 46.6 Å². The van der Waals surface area contributed by atoms with Crippen LogP contribution in [0.15, 0.2) is 53.4 Å². The number of likely N-dealkylation sites (tertiary alicyclic amines) is 1. The number of halogens is 1. The highest BCUT2D eigenvalue weighted by molar-refractivity contribution is 5.93. The van der Waals surface area contributed by atoms with E-state index >= 15 is 0 Å². The van der Waals surface area contributed by atoms with Gasteiger partial charge in [-0.3, -0.25) is 14.6 Å². The zero-order chi connectivity index (χ0) is 28.3. The molecule has 1 aromatic carbocycles. The van der Waals surface area contributed by atoms with Crippen molar-refractivity contribution in [2.45, 2.75) is 39.0 Å². The fourth-order valence-corrected chi connectivity index (χ4v) is 5.19. The lowest BCUT2D eigenvalue weighted by Crippen LogP contribution is -2.39. The molecule has 4 aromatic rings. The predicted octanol–water partition coefficient (Wildman–Crippen LogP) is 4.77. The largest absolute Gasteiger partial charge is 0.361 e. The maximum Gasteiger partial charge on any atom is 0.276 e. The van der Waals surface area contributed by atoms with Crippen LogP contribution in [0.25, 0.3) is 0 Å². The van der Waals surface area contributed by atoms with E-state index in [1.165, 1.54) is 0 Å². The number of anilines is 5. The Bertz CT molecular complexity index is 1600. The van der Waals surface area contributed by atoms with Gasteiger partial charge in [-0.25, -0.2) is 9.37 Å². The first-order valence-corrected chi connectivity index (χ1v) is 13.6. The number of aromatic nitrogens is 4. The normalized spacial score (nSPS) is 15.0. The van der Waals surface area contributed by atoms with Crippen LogP contribution >= 0.6 is 0 Å². The minimum atomic E-state index is -0.583. The quantitative estimate of drug-likeness (QED) is 0.324. The third-order valence-electron chi connectivity index (χ3n) is 7.34. The number of fused-ring (bicyclic) bond motifs is 6. The first-order valence-electron chi connectivity index (χ1n) is 13.6. The van der Waals surface area contributed by atoms with Crippen LogP contribution in [0.4, 0.5) is 33.2 Å². The van der Waals surface area contributed by atoms with Crippen molar-refractivity contribution in [3.05, 3.63) is 77.3 Å². The fraction of sp³-hybridized carbons (Fsp3) is 0.310. The molecule has 41 heavy (non-hydrogen) atoms. The minimum Gasteiger partial charge on any atom is -0.361 e. The van der Waals surface area contributed by atoms with E-state index in [0.717, 1.165) is 30.2 Å². The Balaban J connectivity index is 1.14. The molecule has 3 aromatic heterocycles. The molecule has 0 aliphatic carbocycles. The van der Waals surface area contributed by atoms with Gasteiger partial charge in [0, 0.05) is 43.1 Å². The maximum atomic E-state index is 14.5. The first kappa shape index (κ1) is 26.4. The SMILES string of the molecule is Cc1cc(C(=O)N2CCC(CC(=O)Nc3ccc4cc3CCc3cncc(c3)Nc3ncc(F)c(n3)N4)CC2)no1. The minimum absolute atomic E-state index is 0.0390. The van der Waals surface area contributed by atoms with Gasteiger partial charge in [0.15, 0.2) is 17.3 Å². The number of piperidine rings is 1. The lowest BCUT2D eigenvalue weighted by Gasteiger charge is -2.31. The molecule has 6 rings (SSSR count). The number of aryl methyl sites for hydroxylation is 3. The lowest BCUT2D eigenvalue weighted by molar-refractivity contribution is -0.117. The lowest BCUT2D eigenvalue weighted by atomic mass is 9.93. The summed E-state index contributed by atoms with van der Waals surface area (Å²) in [5, 5.41) is 13.0. The van der Waals surface area contributed by atoms with Gasteiger partial charge in [0.1, 0.15) is 5.76 Å². The van der Waals surface area contributed by atoms with Crippen LogP contribution in [0, 0.1) is 18.7 Å². The van der Waals surface area contributed by atoms with E-state index in [1.54, 1.807) is 36.4 Å². The Kier molecular flexibility index (Phi) is 7.28. The van der Waals surface area contributed by atoms with Gasteiger partial charge in [-0.15, -0.1) is 0 Å². The van der Waals surface area contributed by atoms with Crippen molar-refractivity contribution in [1.29, 1.82) is 0 Å². The summed E-state index contributed by atoms with van der Waals surface area (Å²) in [6.45, 7) is 2.89. The number of nitrogens with zero attached hydrogens (tertiary/aromatic N) is 5. The average Bonchev–Trinajstić information content (AvgIpc) is 3.41. The molecule has 1 fully saturated rings. The molecule has 5 heterocycles. The van der Waals surface area contributed by atoms with Crippen molar-refractivity contribution in [1.82, 2.24) is 25.0 Å². The number of carbonyl (C=O) groups is 2. The number of rotatable bonds is 4. The Morgan fingerprint density at radius 2 is 1.93 bits per heavy atom. The number of hydrogen-bond acceptors (Lipinski definition) is 9. The fourth-order valence-electron chi connectivity index (χ4n) is 5.19. The summed E-state index contributed by atoms with van der Waals surface area (Å²) in [5.41, 5.74) is 4.25. The van der Waals surface area contributed by atoms with E-state index in [9.17, 15) is 14.0 Å². The summed E-state index contributed by atoms with van der Waals surface area (Å²) in [5.74, 6) is 0.241. The summed E-state index contributed by atoms with van der Waals surface area (Å²) in [6.07, 6.45) is 7.69. The molecule has 0 radical (unpaired) electrons. The molecule has 2 aliphatic rings. The molecule has 1 saturated heterocycles. The van der Waals surface area contributed by atoms with Crippen LogP contribution in [-0.2, 0) is 17.6 Å². The molecule has 12 heteroatoms. The number of carbonyl (C=O) groups excluding carboxylic acids is 2. The monoisotopic (exact) mass is 556 g/mol. The van der Waals surface area contributed by atoms with E-state index in [0.29, 0.717) is 60.9 Å². The maximum absolute atomic E-state index is 14.5. The smallest absolute Gasteiger partial charge is 0.276 e. The number of benzene rings is 1. The molecular formula is C29H29FN8O3. The van der Waals surface area contributed by atoms with Crippen molar-refractivity contribution in [2.24, 2.45) is 5.92 Å². The van der Waals surface area contributed by atoms with E-state index in [4.69, 9.17) is 4.52 Å². The third-order valence-corrected chi connectivity index (χ3v) is 7.34. The molecule has 0 unspecified atom stereocenters. The molecule has 3 N–H and O–H groups in total. The summed E-state index contributed by atoms with van der Waals surface area (Å²) in [6, 6.07) is 9.09. The molecule has 6 bridgehead atoms. The van der Waals surface area contributed by atoms with Gasteiger partial charge in [0.05, 0.1) is 18.1 Å². The van der Waals surface area contributed by atoms with Crippen molar-refractivity contribution in [3.63, 3.8) is 0 Å². The zero-order valence-electron chi connectivity index (χ0n) is 22.5. The second-order valence-electron chi connectivity index (χ2n) is 10.4. The molecule has 210 valence electrons. The Labute approximate surface area is 235 Å². The Morgan fingerprint density at radius 3 is 2.73 bits per heavy atom. The highest BCUT2D eigenvalue weighted by atomic mass is 19.1. The van der Waals surface area contributed by atoms with Crippen LogP contribution < -0.4 is 16.0 Å². The predicted molar refractivity (Wildman–Crippen MR) is 150 cm³/mol. The number of nitrogens with one attached hydrogen (secondary N) is 3. The molecule has 11 nitrogen and oxygen atoms in total. The summed E-state index contributed by atoms with van der Waals surface area (Å²) < 4.78 is 19.5. The van der Waals surface area contributed by atoms with Gasteiger partial charge < -0.3 is 25.4 Å². The van der Waals surface area contributed by atoms with Gasteiger partial charge in [0.2, 0.25) is 11.9 Å². The van der Waals surface area contributed by atoms with Crippen molar-refractivity contribution in [2.75, 3.05) is 29.0 Å². The zero-order valence-corrected chi connectivity index (χ0v) is 22.5. The van der Waals surface area contributed by atoms with E-state index in [-0.39, 0.29) is 29.5 Å².